The third-order valence-electron chi connectivity index (χ3n) is 1.77. The van der Waals surface area contributed by atoms with Crippen molar-refractivity contribution in [2.75, 3.05) is 0 Å². The summed E-state index contributed by atoms with van der Waals surface area (Å²) in [4.78, 5) is 21.8. The van der Waals surface area contributed by atoms with Gasteiger partial charge in [-0.3, -0.25) is 4.79 Å². The number of carboxylic acids is 1. The SMILES string of the molecule is CC(=O)Cc1c(I)cccc1C(=O)O. The summed E-state index contributed by atoms with van der Waals surface area (Å²) in [6.45, 7) is 1.45. The van der Waals surface area contributed by atoms with Gasteiger partial charge in [0.25, 0.3) is 0 Å². The zero-order valence-electron chi connectivity index (χ0n) is 7.58. The molecule has 0 aliphatic rings. The molecule has 0 bridgehead atoms. The first-order valence-corrected chi connectivity index (χ1v) is 5.10. The fourth-order valence-electron chi connectivity index (χ4n) is 1.19. The Hall–Kier alpha value is -0.910. The van der Waals surface area contributed by atoms with E-state index in [0.29, 0.717) is 5.56 Å². The Morgan fingerprint density at radius 3 is 2.57 bits per heavy atom. The number of halogens is 1. The molecule has 0 unspecified atom stereocenters. The molecule has 0 radical (unpaired) electrons. The summed E-state index contributed by atoms with van der Waals surface area (Å²) in [6.07, 6.45) is 0.181. The second-order valence-electron chi connectivity index (χ2n) is 2.95. The molecule has 3 nitrogen and oxygen atoms in total. The molecule has 0 amide bonds. The highest BCUT2D eigenvalue weighted by Crippen LogP contribution is 2.18. The van der Waals surface area contributed by atoms with Crippen LogP contribution < -0.4 is 0 Å². The average Bonchev–Trinajstić information content (AvgIpc) is 2.07. The first-order valence-electron chi connectivity index (χ1n) is 4.02. The lowest BCUT2D eigenvalue weighted by Gasteiger charge is -2.05. The van der Waals surface area contributed by atoms with Crippen molar-refractivity contribution in [2.24, 2.45) is 0 Å². The summed E-state index contributed by atoms with van der Waals surface area (Å²) in [5, 5.41) is 8.89. The number of ketones is 1. The Morgan fingerprint density at radius 1 is 1.43 bits per heavy atom. The Kier molecular flexibility index (Phi) is 3.62. The molecule has 0 fully saturated rings. The quantitative estimate of drug-likeness (QED) is 0.870. The van der Waals surface area contributed by atoms with Crippen molar-refractivity contribution in [1.82, 2.24) is 0 Å². The molecule has 0 spiro atoms. The molecule has 74 valence electrons. The van der Waals surface area contributed by atoms with Crippen LogP contribution in [0.2, 0.25) is 0 Å². The van der Waals surface area contributed by atoms with E-state index in [2.05, 4.69) is 0 Å². The van der Waals surface area contributed by atoms with Gasteiger partial charge in [-0.1, -0.05) is 6.07 Å². The molecular weight excluding hydrogens is 295 g/mol. The molecule has 0 saturated carbocycles. The smallest absolute Gasteiger partial charge is 0.336 e. The van der Waals surface area contributed by atoms with Crippen molar-refractivity contribution < 1.29 is 14.7 Å². The minimum Gasteiger partial charge on any atom is -0.478 e. The first-order chi connectivity index (χ1) is 6.52. The topological polar surface area (TPSA) is 54.4 Å². The van der Waals surface area contributed by atoms with Gasteiger partial charge < -0.3 is 5.11 Å². The van der Waals surface area contributed by atoms with Gasteiger partial charge >= 0.3 is 5.97 Å². The highest BCUT2D eigenvalue weighted by molar-refractivity contribution is 14.1. The predicted molar refractivity (Wildman–Crippen MR) is 60.5 cm³/mol. The summed E-state index contributed by atoms with van der Waals surface area (Å²) in [5.41, 5.74) is 0.820. The maximum Gasteiger partial charge on any atom is 0.336 e. The number of Topliss-reactive ketones (excluding diaryl/α,β-unsaturated/α-hetero) is 1. The molecule has 0 atom stereocenters. The van der Waals surface area contributed by atoms with E-state index in [0.717, 1.165) is 3.57 Å². The van der Waals surface area contributed by atoms with Gasteiger partial charge in [0.1, 0.15) is 5.78 Å². The summed E-state index contributed by atoms with van der Waals surface area (Å²) >= 11 is 2.04. The van der Waals surface area contributed by atoms with Crippen LogP contribution in [-0.2, 0) is 11.2 Å². The molecular formula is C10H9IO3. The molecule has 4 heteroatoms. The molecule has 1 aromatic rings. The van der Waals surface area contributed by atoms with Gasteiger partial charge in [0.15, 0.2) is 0 Å². The van der Waals surface area contributed by atoms with E-state index in [1.54, 1.807) is 12.1 Å². The minimum absolute atomic E-state index is 0.0309. The molecule has 14 heavy (non-hydrogen) atoms. The fraction of sp³-hybridized carbons (Fsp3) is 0.200. The maximum atomic E-state index is 10.9. The summed E-state index contributed by atoms with van der Waals surface area (Å²) in [7, 11) is 0. The van der Waals surface area contributed by atoms with Crippen LogP contribution in [-0.4, -0.2) is 16.9 Å². The highest BCUT2D eigenvalue weighted by Gasteiger charge is 2.13. The number of rotatable bonds is 3. The van der Waals surface area contributed by atoms with Crippen LogP contribution in [0.4, 0.5) is 0 Å². The van der Waals surface area contributed by atoms with Crippen molar-refractivity contribution in [2.45, 2.75) is 13.3 Å². The molecule has 1 rings (SSSR count). The zero-order valence-corrected chi connectivity index (χ0v) is 9.74. The Balaban J connectivity index is 3.22. The summed E-state index contributed by atoms with van der Waals surface area (Å²) < 4.78 is 0.817. The van der Waals surface area contributed by atoms with Gasteiger partial charge in [0.05, 0.1) is 5.56 Å². The van der Waals surface area contributed by atoms with Crippen LogP contribution in [0.1, 0.15) is 22.8 Å². The van der Waals surface area contributed by atoms with E-state index in [4.69, 9.17) is 5.11 Å². The molecule has 1 aromatic carbocycles. The number of carboxylic acid groups (broad SMARTS) is 1. The maximum absolute atomic E-state index is 10.9. The van der Waals surface area contributed by atoms with Gasteiger partial charge in [0.2, 0.25) is 0 Å². The monoisotopic (exact) mass is 304 g/mol. The van der Waals surface area contributed by atoms with Gasteiger partial charge in [-0.15, -0.1) is 0 Å². The lowest BCUT2D eigenvalue weighted by atomic mass is 10.0. The van der Waals surface area contributed by atoms with Crippen molar-refractivity contribution >= 4 is 34.3 Å². The Bertz CT molecular complexity index is 385. The van der Waals surface area contributed by atoms with E-state index in [1.165, 1.54) is 13.0 Å². The summed E-state index contributed by atoms with van der Waals surface area (Å²) in [5.74, 6) is -1.02. The lowest BCUT2D eigenvalue weighted by molar-refractivity contribution is -0.116. The number of hydrogen-bond acceptors (Lipinski definition) is 2. The Labute approximate surface area is 95.3 Å². The van der Waals surface area contributed by atoms with Crippen molar-refractivity contribution in [1.29, 1.82) is 0 Å². The highest BCUT2D eigenvalue weighted by atomic mass is 127. The average molecular weight is 304 g/mol. The lowest BCUT2D eigenvalue weighted by Crippen LogP contribution is -2.08. The van der Waals surface area contributed by atoms with Gasteiger partial charge in [0, 0.05) is 9.99 Å². The van der Waals surface area contributed by atoms with Crippen molar-refractivity contribution in [3.8, 4) is 0 Å². The van der Waals surface area contributed by atoms with Crippen LogP contribution in [0.3, 0.4) is 0 Å². The standard InChI is InChI=1S/C10H9IO3/c1-6(12)5-8-7(10(13)14)3-2-4-9(8)11/h2-4H,5H2,1H3,(H,13,14). The summed E-state index contributed by atoms with van der Waals surface area (Å²) in [6, 6.07) is 4.99. The molecule has 0 saturated heterocycles. The van der Waals surface area contributed by atoms with E-state index in [1.807, 2.05) is 22.6 Å². The van der Waals surface area contributed by atoms with E-state index in [-0.39, 0.29) is 17.8 Å². The first kappa shape index (κ1) is 11.2. The predicted octanol–water partition coefficient (Wildman–Crippen LogP) is 2.12. The largest absolute Gasteiger partial charge is 0.478 e. The third kappa shape index (κ3) is 2.54. The van der Waals surface area contributed by atoms with Crippen molar-refractivity contribution in [3.05, 3.63) is 32.9 Å². The fourth-order valence-corrected chi connectivity index (χ4v) is 1.88. The van der Waals surface area contributed by atoms with Gasteiger partial charge in [-0.25, -0.2) is 4.79 Å². The van der Waals surface area contributed by atoms with Crippen molar-refractivity contribution in [3.63, 3.8) is 0 Å². The van der Waals surface area contributed by atoms with Crippen LogP contribution in [0.5, 0.6) is 0 Å². The number of aromatic carboxylic acids is 1. The second-order valence-corrected chi connectivity index (χ2v) is 4.11. The van der Waals surface area contributed by atoms with Gasteiger partial charge in [-0.05, 0) is 47.2 Å². The molecule has 0 aromatic heterocycles. The van der Waals surface area contributed by atoms with Crippen LogP contribution in [0, 0.1) is 3.57 Å². The molecule has 0 aliphatic heterocycles. The van der Waals surface area contributed by atoms with E-state index >= 15 is 0 Å². The molecule has 1 N–H and O–H groups in total. The van der Waals surface area contributed by atoms with E-state index < -0.39 is 5.97 Å². The molecule has 0 aliphatic carbocycles. The number of carbonyl (C=O) groups is 2. The van der Waals surface area contributed by atoms with Gasteiger partial charge in [-0.2, -0.15) is 0 Å². The Morgan fingerprint density at radius 2 is 2.07 bits per heavy atom. The normalized spacial score (nSPS) is 9.86. The number of hydrogen-bond donors (Lipinski definition) is 1. The van der Waals surface area contributed by atoms with Crippen LogP contribution in [0.25, 0.3) is 0 Å². The molecule has 0 heterocycles. The zero-order chi connectivity index (χ0) is 10.7. The van der Waals surface area contributed by atoms with Crippen LogP contribution >= 0.6 is 22.6 Å². The van der Waals surface area contributed by atoms with E-state index in [9.17, 15) is 9.59 Å². The minimum atomic E-state index is -0.986. The number of benzene rings is 1. The third-order valence-corrected chi connectivity index (χ3v) is 2.79. The van der Waals surface area contributed by atoms with Crippen LogP contribution in [0.15, 0.2) is 18.2 Å². The number of carbonyl (C=O) groups excluding carboxylic acids is 1. The second kappa shape index (κ2) is 4.54.